The molecule has 1 aromatic rings. The first-order valence-corrected chi connectivity index (χ1v) is 7.14. The first-order chi connectivity index (χ1) is 8.58. The highest BCUT2D eigenvalue weighted by Gasteiger charge is 2.29. The van der Waals surface area contributed by atoms with Crippen LogP contribution in [0, 0.1) is 5.41 Å². The molecule has 0 fully saturated rings. The van der Waals surface area contributed by atoms with Crippen LogP contribution in [0.5, 0.6) is 0 Å². The fourth-order valence-corrected chi connectivity index (χ4v) is 2.64. The maximum atomic E-state index is 12.5. The van der Waals surface area contributed by atoms with E-state index in [2.05, 4.69) is 9.59 Å². The van der Waals surface area contributed by atoms with Gasteiger partial charge in [-0.25, -0.2) is 0 Å². The smallest absolute Gasteiger partial charge is 0.267 e. The summed E-state index contributed by atoms with van der Waals surface area (Å²) < 4.78 is 3.93. The molecule has 19 heavy (non-hydrogen) atoms. The minimum atomic E-state index is -0.178. The first kappa shape index (κ1) is 16.0. The second-order valence-electron chi connectivity index (χ2n) is 6.73. The van der Waals surface area contributed by atoms with Crippen LogP contribution in [0.3, 0.4) is 0 Å². The van der Waals surface area contributed by atoms with Crippen molar-refractivity contribution in [1.29, 1.82) is 0 Å². The lowest BCUT2D eigenvalue weighted by molar-refractivity contribution is 0.0742. The molecule has 6 heteroatoms. The van der Waals surface area contributed by atoms with Gasteiger partial charge in [0.15, 0.2) is 0 Å². The van der Waals surface area contributed by atoms with Crippen molar-refractivity contribution in [3.63, 3.8) is 0 Å². The molecule has 0 atom stereocenters. The molecule has 1 amide bonds. The van der Waals surface area contributed by atoms with Crippen LogP contribution < -0.4 is 5.73 Å². The van der Waals surface area contributed by atoms with Crippen molar-refractivity contribution in [3.8, 4) is 0 Å². The Labute approximate surface area is 119 Å². The van der Waals surface area contributed by atoms with Crippen molar-refractivity contribution in [2.45, 2.75) is 40.0 Å². The molecule has 2 N–H and O–H groups in total. The molecular formula is C13H24N4OS. The van der Waals surface area contributed by atoms with Crippen LogP contribution in [0.4, 0.5) is 0 Å². The van der Waals surface area contributed by atoms with Gasteiger partial charge in [-0.1, -0.05) is 39.1 Å². The number of hydrogen-bond acceptors (Lipinski definition) is 5. The van der Waals surface area contributed by atoms with Gasteiger partial charge in [0.1, 0.15) is 4.88 Å². The minimum Gasteiger partial charge on any atom is -0.340 e. The summed E-state index contributed by atoms with van der Waals surface area (Å²) in [5.74, 6) is -0.0264. The third-order valence-corrected chi connectivity index (χ3v) is 3.67. The van der Waals surface area contributed by atoms with Crippen molar-refractivity contribution in [2.75, 3.05) is 20.1 Å². The highest BCUT2D eigenvalue weighted by molar-refractivity contribution is 7.08. The summed E-state index contributed by atoms with van der Waals surface area (Å²) in [7, 11) is 1.80. The van der Waals surface area contributed by atoms with Crippen molar-refractivity contribution < 1.29 is 4.79 Å². The molecule has 0 radical (unpaired) electrons. The number of nitrogens with zero attached hydrogens (tertiary/aromatic N) is 3. The van der Waals surface area contributed by atoms with Crippen LogP contribution >= 0.6 is 11.5 Å². The molecular weight excluding hydrogens is 260 g/mol. The van der Waals surface area contributed by atoms with Gasteiger partial charge in [0.25, 0.3) is 5.91 Å². The molecule has 0 saturated carbocycles. The average Bonchev–Trinajstić information content (AvgIpc) is 2.75. The zero-order valence-electron chi connectivity index (χ0n) is 12.6. The van der Waals surface area contributed by atoms with Crippen LogP contribution in [0.25, 0.3) is 0 Å². The zero-order chi connectivity index (χ0) is 14.8. The molecule has 108 valence electrons. The Hall–Kier alpha value is -1.01. The maximum Gasteiger partial charge on any atom is 0.267 e. The zero-order valence-corrected chi connectivity index (χ0v) is 13.5. The summed E-state index contributed by atoms with van der Waals surface area (Å²) in [5, 5.41) is 4.10. The normalized spacial score (nSPS) is 12.6. The van der Waals surface area contributed by atoms with Gasteiger partial charge in [-0.05, 0) is 23.5 Å². The monoisotopic (exact) mass is 284 g/mol. The second kappa shape index (κ2) is 5.54. The van der Waals surface area contributed by atoms with E-state index < -0.39 is 0 Å². The van der Waals surface area contributed by atoms with Gasteiger partial charge in [-0.15, -0.1) is 5.10 Å². The SMILES string of the molecule is CN(CC(C)(C)CN)C(=O)c1snnc1C(C)(C)C. The van der Waals surface area contributed by atoms with E-state index in [-0.39, 0.29) is 16.7 Å². The summed E-state index contributed by atoms with van der Waals surface area (Å²) in [4.78, 5) is 14.8. The summed E-state index contributed by atoms with van der Waals surface area (Å²) >= 11 is 1.16. The van der Waals surface area contributed by atoms with Crippen LogP contribution in [-0.2, 0) is 5.41 Å². The molecule has 0 aromatic carbocycles. The Bertz CT molecular complexity index is 448. The number of carbonyl (C=O) groups excluding carboxylic acids is 1. The van der Waals surface area contributed by atoms with E-state index >= 15 is 0 Å². The largest absolute Gasteiger partial charge is 0.340 e. The molecule has 0 unspecified atom stereocenters. The Kier molecular flexibility index (Phi) is 4.68. The van der Waals surface area contributed by atoms with Gasteiger partial charge < -0.3 is 10.6 Å². The van der Waals surface area contributed by atoms with Gasteiger partial charge in [-0.2, -0.15) is 0 Å². The van der Waals surface area contributed by atoms with Crippen molar-refractivity contribution in [1.82, 2.24) is 14.5 Å². The fourth-order valence-electron chi connectivity index (χ4n) is 1.77. The molecule has 0 spiro atoms. The average molecular weight is 284 g/mol. The predicted molar refractivity (Wildman–Crippen MR) is 78.4 cm³/mol. The van der Waals surface area contributed by atoms with Crippen LogP contribution in [0.2, 0.25) is 0 Å². The predicted octanol–water partition coefficient (Wildman–Crippen LogP) is 1.89. The Balaban J connectivity index is 2.93. The Morgan fingerprint density at radius 1 is 1.32 bits per heavy atom. The number of amides is 1. The van der Waals surface area contributed by atoms with Crippen molar-refractivity contribution in [3.05, 3.63) is 10.6 Å². The van der Waals surface area contributed by atoms with Gasteiger partial charge in [-0.3, -0.25) is 4.79 Å². The number of nitrogens with two attached hydrogens (primary N) is 1. The van der Waals surface area contributed by atoms with E-state index in [0.717, 1.165) is 17.2 Å². The highest BCUT2D eigenvalue weighted by Crippen LogP contribution is 2.27. The van der Waals surface area contributed by atoms with Crippen LogP contribution in [0.1, 0.15) is 50.0 Å². The number of rotatable bonds is 4. The van der Waals surface area contributed by atoms with E-state index in [0.29, 0.717) is 18.0 Å². The molecule has 1 rings (SSSR count). The fraction of sp³-hybridized carbons (Fsp3) is 0.769. The van der Waals surface area contributed by atoms with Crippen LogP contribution in [0.15, 0.2) is 0 Å². The summed E-state index contributed by atoms with van der Waals surface area (Å²) in [5.41, 5.74) is 6.21. The molecule has 0 aliphatic carbocycles. The summed E-state index contributed by atoms with van der Waals surface area (Å²) in [6.45, 7) is 11.3. The molecule has 0 bridgehead atoms. The standard InChI is InChI=1S/C13H24N4OS/c1-12(2,3)10-9(19-16-15-10)11(18)17(6)8-13(4,5)7-14/h7-8,14H2,1-6H3. The van der Waals surface area contributed by atoms with Gasteiger partial charge in [0.05, 0.1) is 5.69 Å². The Morgan fingerprint density at radius 2 is 1.89 bits per heavy atom. The quantitative estimate of drug-likeness (QED) is 0.916. The van der Waals surface area contributed by atoms with E-state index in [1.54, 1.807) is 11.9 Å². The lowest BCUT2D eigenvalue weighted by Gasteiger charge is -2.29. The Morgan fingerprint density at radius 3 is 2.37 bits per heavy atom. The van der Waals surface area contributed by atoms with Crippen molar-refractivity contribution in [2.24, 2.45) is 11.1 Å². The van der Waals surface area contributed by atoms with Gasteiger partial charge in [0.2, 0.25) is 0 Å². The number of hydrogen-bond donors (Lipinski definition) is 1. The minimum absolute atomic E-state index is 0.0264. The molecule has 5 nitrogen and oxygen atoms in total. The number of carbonyl (C=O) groups is 1. The van der Waals surface area contributed by atoms with Crippen molar-refractivity contribution >= 4 is 17.4 Å². The summed E-state index contributed by atoms with van der Waals surface area (Å²) in [6, 6.07) is 0. The van der Waals surface area contributed by atoms with E-state index in [4.69, 9.17) is 5.73 Å². The molecule has 1 heterocycles. The number of aromatic nitrogens is 2. The lowest BCUT2D eigenvalue weighted by Crippen LogP contribution is -2.40. The topological polar surface area (TPSA) is 72.1 Å². The van der Waals surface area contributed by atoms with E-state index in [9.17, 15) is 4.79 Å². The molecule has 0 aliphatic heterocycles. The summed E-state index contributed by atoms with van der Waals surface area (Å²) in [6.07, 6.45) is 0. The third kappa shape index (κ3) is 3.98. The molecule has 0 saturated heterocycles. The third-order valence-electron chi connectivity index (χ3n) is 2.96. The van der Waals surface area contributed by atoms with E-state index in [1.807, 2.05) is 34.6 Å². The second-order valence-corrected chi connectivity index (χ2v) is 7.48. The first-order valence-electron chi connectivity index (χ1n) is 6.37. The molecule has 1 aromatic heterocycles. The van der Waals surface area contributed by atoms with Gasteiger partial charge >= 0.3 is 0 Å². The molecule has 0 aliphatic rings. The van der Waals surface area contributed by atoms with E-state index in [1.165, 1.54) is 0 Å². The highest BCUT2D eigenvalue weighted by atomic mass is 32.1. The lowest BCUT2D eigenvalue weighted by atomic mass is 9.90. The van der Waals surface area contributed by atoms with Crippen LogP contribution in [-0.4, -0.2) is 40.5 Å². The van der Waals surface area contributed by atoms with Gasteiger partial charge in [0, 0.05) is 19.0 Å². The maximum absolute atomic E-state index is 12.5.